The molecule has 0 spiro atoms. The molecule has 2 aromatic heterocycles. The molecule has 2 heterocycles. The number of carbonyl (C=O) groups excluding carboxylic acids is 2. The molecule has 0 N–H and O–H groups in total. The highest BCUT2D eigenvalue weighted by Gasteiger charge is 2.21. The van der Waals surface area contributed by atoms with E-state index < -0.39 is 0 Å². The molecular weight excluding hydrogens is 408 g/mol. The Hall–Kier alpha value is -2.32. The summed E-state index contributed by atoms with van der Waals surface area (Å²) in [5.74, 6) is 0.405. The molecule has 0 bridgehead atoms. The second-order valence-corrected chi connectivity index (χ2v) is 6.89. The number of carbonyl (C=O) groups is 2. The molecule has 0 aliphatic rings. The van der Waals surface area contributed by atoms with E-state index in [4.69, 9.17) is 9.47 Å². The summed E-state index contributed by atoms with van der Waals surface area (Å²) in [4.78, 5) is 32.7. The third kappa shape index (κ3) is 3.40. The first-order chi connectivity index (χ1) is 12.0. The highest BCUT2D eigenvalue weighted by Crippen LogP contribution is 2.37. The number of nitrogens with zero attached hydrogens (tertiary/aromatic N) is 2. The van der Waals surface area contributed by atoms with Crippen LogP contribution >= 0.6 is 27.3 Å². The zero-order valence-electron chi connectivity index (χ0n) is 13.4. The number of hydrogen-bond donors (Lipinski definition) is 0. The van der Waals surface area contributed by atoms with Crippen molar-refractivity contribution in [2.45, 2.75) is 13.8 Å². The molecule has 6 nitrogen and oxygen atoms in total. The quantitative estimate of drug-likeness (QED) is 0.445. The van der Waals surface area contributed by atoms with Gasteiger partial charge in [-0.05, 0) is 37.6 Å². The minimum atomic E-state index is -0.388. The van der Waals surface area contributed by atoms with Crippen molar-refractivity contribution in [3.63, 3.8) is 0 Å². The fourth-order valence-corrected chi connectivity index (χ4v) is 3.67. The van der Waals surface area contributed by atoms with E-state index in [9.17, 15) is 9.59 Å². The predicted octanol–water partition coefficient (Wildman–Crippen LogP) is 4.54. The summed E-state index contributed by atoms with van der Waals surface area (Å²) in [6.07, 6.45) is 2.11. The van der Waals surface area contributed by atoms with Crippen molar-refractivity contribution in [1.82, 2.24) is 9.97 Å². The van der Waals surface area contributed by atoms with Crippen LogP contribution in [0.15, 0.2) is 29.0 Å². The molecule has 8 heteroatoms. The standard InChI is InChI=1S/C17H13BrN2O4S/c1-3-23-17(22)14-9(2)13-15(19-8-20-16(13)25-14)24-11-4-5-12(18)10(6-11)7-21/h4-8H,3H2,1-2H3. The molecule has 0 unspecified atom stereocenters. The first-order valence-corrected chi connectivity index (χ1v) is 9.00. The highest BCUT2D eigenvalue weighted by molar-refractivity contribution is 9.10. The Kier molecular flexibility index (Phi) is 5.10. The zero-order chi connectivity index (χ0) is 18.0. The lowest BCUT2D eigenvalue weighted by molar-refractivity contribution is 0.0531. The lowest BCUT2D eigenvalue weighted by Crippen LogP contribution is -2.03. The van der Waals surface area contributed by atoms with Crippen LogP contribution in [-0.2, 0) is 4.74 Å². The van der Waals surface area contributed by atoms with Gasteiger partial charge in [0, 0.05) is 10.0 Å². The normalized spacial score (nSPS) is 10.7. The van der Waals surface area contributed by atoms with E-state index in [-0.39, 0.29) is 5.97 Å². The summed E-state index contributed by atoms with van der Waals surface area (Å²) >= 11 is 4.54. The van der Waals surface area contributed by atoms with Gasteiger partial charge in [-0.2, -0.15) is 0 Å². The molecule has 0 fully saturated rings. The molecule has 0 saturated heterocycles. The van der Waals surface area contributed by atoms with Gasteiger partial charge < -0.3 is 9.47 Å². The summed E-state index contributed by atoms with van der Waals surface area (Å²) < 4.78 is 11.6. The molecule has 128 valence electrons. The Morgan fingerprint density at radius 2 is 2.16 bits per heavy atom. The Labute approximate surface area is 155 Å². The molecule has 0 radical (unpaired) electrons. The molecule has 0 atom stereocenters. The Morgan fingerprint density at radius 1 is 1.36 bits per heavy atom. The van der Waals surface area contributed by atoms with Crippen molar-refractivity contribution in [3.8, 4) is 11.6 Å². The van der Waals surface area contributed by atoms with E-state index in [1.807, 2.05) is 0 Å². The summed E-state index contributed by atoms with van der Waals surface area (Å²) in [5.41, 5.74) is 1.18. The van der Waals surface area contributed by atoms with E-state index in [2.05, 4.69) is 25.9 Å². The lowest BCUT2D eigenvalue weighted by Gasteiger charge is -2.07. The average molecular weight is 421 g/mol. The van der Waals surface area contributed by atoms with Crippen molar-refractivity contribution in [1.29, 1.82) is 0 Å². The molecular formula is C17H13BrN2O4S. The predicted molar refractivity (Wildman–Crippen MR) is 97.7 cm³/mol. The topological polar surface area (TPSA) is 78.4 Å². The first kappa shape index (κ1) is 17.5. The maximum Gasteiger partial charge on any atom is 0.348 e. The van der Waals surface area contributed by atoms with Gasteiger partial charge in [-0.1, -0.05) is 15.9 Å². The Bertz CT molecular complexity index is 971. The van der Waals surface area contributed by atoms with Gasteiger partial charge in [0.15, 0.2) is 6.29 Å². The van der Waals surface area contributed by atoms with E-state index in [1.165, 1.54) is 17.7 Å². The smallest absolute Gasteiger partial charge is 0.348 e. The third-order valence-electron chi connectivity index (χ3n) is 3.46. The van der Waals surface area contributed by atoms with Gasteiger partial charge in [0.2, 0.25) is 5.88 Å². The molecule has 0 aliphatic carbocycles. The van der Waals surface area contributed by atoms with Gasteiger partial charge in [-0.3, -0.25) is 4.79 Å². The third-order valence-corrected chi connectivity index (χ3v) is 5.36. The fourth-order valence-electron chi connectivity index (χ4n) is 2.30. The largest absolute Gasteiger partial charge is 0.462 e. The number of rotatable bonds is 5. The Balaban J connectivity index is 2.05. The van der Waals surface area contributed by atoms with Crippen LogP contribution in [0.25, 0.3) is 10.2 Å². The number of hydrogen-bond acceptors (Lipinski definition) is 7. The Morgan fingerprint density at radius 3 is 2.88 bits per heavy atom. The molecule has 25 heavy (non-hydrogen) atoms. The highest BCUT2D eigenvalue weighted by atomic mass is 79.9. The second-order valence-electron chi connectivity index (χ2n) is 5.04. The van der Waals surface area contributed by atoms with Gasteiger partial charge in [0.25, 0.3) is 0 Å². The summed E-state index contributed by atoms with van der Waals surface area (Å²) in [6, 6.07) is 5.06. The van der Waals surface area contributed by atoms with Gasteiger partial charge in [0.1, 0.15) is 21.8 Å². The molecule has 0 aliphatic heterocycles. The van der Waals surface area contributed by atoms with E-state index in [0.717, 1.165) is 6.29 Å². The molecule has 0 saturated carbocycles. The van der Waals surface area contributed by atoms with E-state index in [1.54, 1.807) is 32.0 Å². The van der Waals surface area contributed by atoms with Crippen molar-refractivity contribution >= 4 is 49.7 Å². The SMILES string of the molecule is CCOC(=O)c1sc2ncnc(Oc3ccc(Br)c(C=O)c3)c2c1C. The van der Waals surface area contributed by atoms with Crippen molar-refractivity contribution < 1.29 is 19.1 Å². The summed E-state index contributed by atoms with van der Waals surface area (Å²) in [5, 5.41) is 0.658. The average Bonchev–Trinajstić information content (AvgIpc) is 2.95. The van der Waals surface area contributed by atoms with Crippen LogP contribution in [0.4, 0.5) is 0 Å². The van der Waals surface area contributed by atoms with Gasteiger partial charge in [-0.25, -0.2) is 14.8 Å². The van der Waals surface area contributed by atoms with Gasteiger partial charge in [-0.15, -0.1) is 11.3 Å². The number of esters is 1. The maximum atomic E-state index is 12.1. The number of fused-ring (bicyclic) bond motifs is 1. The van der Waals surface area contributed by atoms with Crippen LogP contribution in [0.3, 0.4) is 0 Å². The van der Waals surface area contributed by atoms with Crippen LogP contribution in [0.5, 0.6) is 11.6 Å². The first-order valence-electron chi connectivity index (χ1n) is 7.39. The number of aromatic nitrogens is 2. The van der Waals surface area contributed by atoms with Crippen LogP contribution in [0.1, 0.15) is 32.5 Å². The van der Waals surface area contributed by atoms with Crippen molar-refractivity contribution in [2.24, 2.45) is 0 Å². The minimum Gasteiger partial charge on any atom is -0.462 e. The molecule has 3 rings (SSSR count). The zero-order valence-corrected chi connectivity index (χ0v) is 15.8. The number of aryl methyl sites for hydroxylation is 1. The second kappa shape index (κ2) is 7.28. The van der Waals surface area contributed by atoms with Crippen molar-refractivity contribution in [3.05, 3.63) is 45.0 Å². The lowest BCUT2D eigenvalue weighted by atomic mass is 10.2. The monoisotopic (exact) mass is 420 g/mol. The van der Waals surface area contributed by atoms with Gasteiger partial charge >= 0.3 is 5.97 Å². The van der Waals surface area contributed by atoms with Crippen molar-refractivity contribution in [2.75, 3.05) is 6.61 Å². The minimum absolute atomic E-state index is 0.301. The number of thiophene rings is 1. The number of aldehydes is 1. The van der Waals surface area contributed by atoms with Crippen LogP contribution in [-0.4, -0.2) is 28.8 Å². The van der Waals surface area contributed by atoms with E-state index in [0.29, 0.717) is 48.9 Å². The molecule has 3 aromatic rings. The number of halogens is 1. The van der Waals surface area contributed by atoms with Crippen LogP contribution < -0.4 is 4.74 Å². The number of ether oxygens (including phenoxy) is 2. The van der Waals surface area contributed by atoms with Crippen LogP contribution in [0.2, 0.25) is 0 Å². The maximum absolute atomic E-state index is 12.1. The molecule has 1 aromatic carbocycles. The summed E-state index contributed by atoms with van der Waals surface area (Å²) in [7, 11) is 0. The van der Waals surface area contributed by atoms with E-state index >= 15 is 0 Å². The van der Waals surface area contributed by atoms with Gasteiger partial charge in [0.05, 0.1) is 12.0 Å². The van der Waals surface area contributed by atoms with Crippen LogP contribution in [0, 0.1) is 6.92 Å². The number of benzene rings is 1. The summed E-state index contributed by atoms with van der Waals surface area (Å²) in [6.45, 7) is 3.86. The molecule has 0 amide bonds. The fraction of sp³-hybridized carbons (Fsp3) is 0.176.